The van der Waals surface area contributed by atoms with Crippen molar-refractivity contribution in [3.8, 4) is 34.5 Å². The van der Waals surface area contributed by atoms with Gasteiger partial charge in [0.25, 0.3) is 0 Å². The number of anilines is 9. The topological polar surface area (TPSA) is 37.4 Å². The fraction of sp³-hybridized carbons (Fsp3) is 0. The summed E-state index contributed by atoms with van der Waals surface area (Å²) in [7, 11) is 0. The second kappa shape index (κ2) is 21.4. The summed E-state index contributed by atoms with van der Waals surface area (Å²) < 4.78 is 20.5. The highest BCUT2D eigenvalue weighted by atomic mass is 16.5. The molecule has 6 heteroatoms. The lowest BCUT2D eigenvalue weighted by molar-refractivity contribution is 0.483. The minimum atomic E-state index is 0.718. The summed E-state index contributed by atoms with van der Waals surface area (Å²) in [5, 5.41) is 6.32. The van der Waals surface area contributed by atoms with Crippen LogP contribution in [-0.4, -0.2) is 0 Å². The molecule has 0 aliphatic heterocycles. The summed E-state index contributed by atoms with van der Waals surface area (Å²) in [4.78, 5) is 6.72. The smallest absolute Gasteiger partial charge is 0.129 e. The standard InChI is InChI=1S/C72H51N3O3/c1-7-22-52(23-8-1)73(53-24-9-2-10-25-53)58-34-19-37-61(46-58)76-64-40-43-67-70(49-64)68-44-41-65(77-62-38-20-35-59(47-62)74(54-26-11-3-12-27-54)55-28-13-4-14-29-55)51-72(68)69-45-42-66(50-71(67)69)78-63-39-21-36-60(48-63)75(56-30-15-5-16-31-56)57-32-17-6-18-33-57/h1-51H. The van der Waals surface area contributed by atoms with Crippen molar-refractivity contribution in [1.82, 2.24) is 0 Å². The molecule has 0 fully saturated rings. The van der Waals surface area contributed by atoms with Gasteiger partial charge in [-0.15, -0.1) is 0 Å². The maximum Gasteiger partial charge on any atom is 0.129 e. The minimum absolute atomic E-state index is 0.718. The molecule has 0 unspecified atom stereocenters. The predicted octanol–water partition coefficient (Wildman–Crippen LogP) is 20.9. The number of ether oxygens (including phenoxy) is 3. The Labute approximate surface area is 454 Å². The fourth-order valence-electron chi connectivity index (χ4n) is 10.4. The monoisotopic (exact) mass is 1010 g/mol. The molecule has 0 aliphatic carbocycles. The van der Waals surface area contributed by atoms with Crippen LogP contribution >= 0.6 is 0 Å². The van der Waals surface area contributed by atoms with Crippen LogP contribution in [0.15, 0.2) is 309 Å². The zero-order chi connectivity index (χ0) is 52.0. The van der Waals surface area contributed by atoms with Crippen molar-refractivity contribution < 1.29 is 14.2 Å². The van der Waals surface area contributed by atoms with Crippen LogP contribution in [0.3, 0.4) is 0 Å². The lowest BCUT2D eigenvalue weighted by atomic mass is 9.94. The van der Waals surface area contributed by atoms with Crippen LogP contribution in [0.1, 0.15) is 0 Å². The Morgan fingerprint density at radius 1 is 0.154 bits per heavy atom. The summed E-state index contributed by atoms with van der Waals surface area (Å²) in [6.45, 7) is 0. The molecule has 13 aromatic carbocycles. The molecule has 0 N–H and O–H groups in total. The Morgan fingerprint density at radius 3 is 0.590 bits per heavy atom. The first-order chi connectivity index (χ1) is 38.6. The number of rotatable bonds is 15. The van der Waals surface area contributed by atoms with E-state index in [1.165, 1.54) is 0 Å². The lowest BCUT2D eigenvalue weighted by Crippen LogP contribution is -2.09. The molecule has 0 spiro atoms. The van der Waals surface area contributed by atoms with E-state index in [2.05, 4.69) is 251 Å². The highest BCUT2D eigenvalue weighted by Gasteiger charge is 2.18. The van der Waals surface area contributed by atoms with Crippen LogP contribution in [0.2, 0.25) is 0 Å². The van der Waals surface area contributed by atoms with Gasteiger partial charge in [-0.05, 0) is 178 Å². The van der Waals surface area contributed by atoms with E-state index in [9.17, 15) is 0 Å². The number of fused-ring (bicyclic) bond motifs is 6. The van der Waals surface area contributed by atoms with Crippen LogP contribution in [0.4, 0.5) is 51.2 Å². The van der Waals surface area contributed by atoms with Crippen LogP contribution in [0.25, 0.3) is 32.3 Å². The van der Waals surface area contributed by atoms with Gasteiger partial charge in [0.2, 0.25) is 0 Å². The number of para-hydroxylation sites is 6. The molecule has 78 heavy (non-hydrogen) atoms. The summed E-state index contributed by atoms with van der Waals surface area (Å²) in [6, 6.07) is 106. The highest BCUT2D eigenvalue weighted by Crippen LogP contribution is 2.44. The molecule has 0 aromatic heterocycles. The normalized spacial score (nSPS) is 11.1. The van der Waals surface area contributed by atoms with Crippen molar-refractivity contribution in [2.75, 3.05) is 14.7 Å². The van der Waals surface area contributed by atoms with Gasteiger partial charge in [-0.1, -0.05) is 146 Å². The van der Waals surface area contributed by atoms with E-state index in [0.717, 1.165) is 118 Å². The van der Waals surface area contributed by atoms with Crippen molar-refractivity contribution in [2.45, 2.75) is 0 Å². The van der Waals surface area contributed by atoms with Crippen molar-refractivity contribution in [3.05, 3.63) is 309 Å². The van der Waals surface area contributed by atoms with Gasteiger partial charge in [0.05, 0.1) is 0 Å². The van der Waals surface area contributed by atoms with E-state index in [1.54, 1.807) is 0 Å². The zero-order valence-electron chi connectivity index (χ0n) is 42.5. The van der Waals surface area contributed by atoms with E-state index in [0.29, 0.717) is 0 Å². The Bertz CT molecular complexity index is 3600. The molecule has 0 atom stereocenters. The Balaban J connectivity index is 0.892. The first-order valence-electron chi connectivity index (χ1n) is 26.1. The molecule has 372 valence electrons. The number of hydrogen-bond acceptors (Lipinski definition) is 6. The first kappa shape index (κ1) is 47.2. The maximum absolute atomic E-state index is 6.82. The van der Waals surface area contributed by atoms with Crippen molar-refractivity contribution in [2.24, 2.45) is 0 Å². The first-order valence-corrected chi connectivity index (χ1v) is 26.1. The summed E-state index contributed by atoms with van der Waals surface area (Å²) >= 11 is 0. The molecule has 0 saturated heterocycles. The third-order valence-electron chi connectivity index (χ3n) is 13.9. The van der Waals surface area contributed by atoms with Gasteiger partial charge < -0.3 is 28.9 Å². The SMILES string of the molecule is c1ccc(N(c2ccccc2)c2cccc(Oc3ccc4c(c3)c3ccc(Oc5cccc(N(c6ccccc6)c6ccccc6)c5)cc3c3ccc(Oc5cccc(N(c6ccccc6)c6ccccc6)c5)cc43)c2)cc1. The molecule has 0 radical (unpaired) electrons. The van der Waals surface area contributed by atoms with E-state index < -0.39 is 0 Å². The fourth-order valence-corrected chi connectivity index (χ4v) is 10.4. The van der Waals surface area contributed by atoms with Crippen LogP contribution < -0.4 is 28.9 Å². The van der Waals surface area contributed by atoms with Crippen molar-refractivity contribution in [1.29, 1.82) is 0 Å². The Morgan fingerprint density at radius 2 is 0.359 bits per heavy atom. The summed E-state index contributed by atoms with van der Waals surface area (Å²) in [5.41, 5.74) is 9.29. The molecular weight excluding hydrogens is 955 g/mol. The third-order valence-corrected chi connectivity index (χ3v) is 13.9. The molecule has 13 aromatic rings. The van der Waals surface area contributed by atoms with Crippen molar-refractivity contribution >= 4 is 83.5 Å². The van der Waals surface area contributed by atoms with Crippen LogP contribution in [0, 0.1) is 0 Å². The van der Waals surface area contributed by atoms with Gasteiger partial charge in [0, 0.05) is 69.4 Å². The molecule has 0 bridgehead atoms. The van der Waals surface area contributed by atoms with Gasteiger partial charge in [-0.2, -0.15) is 0 Å². The van der Waals surface area contributed by atoms with Gasteiger partial charge in [-0.3, -0.25) is 0 Å². The maximum atomic E-state index is 6.82. The molecule has 0 saturated carbocycles. The van der Waals surface area contributed by atoms with Gasteiger partial charge in [0.15, 0.2) is 0 Å². The number of benzene rings is 13. The van der Waals surface area contributed by atoms with Crippen LogP contribution in [0.5, 0.6) is 34.5 Å². The molecule has 0 amide bonds. The quantitative estimate of drug-likeness (QED) is 0.0953. The van der Waals surface area contributed by atoms with Gasteiger partial charge >= 0.3 is 0 Å². The van der Waals surface area contributed by atoms with E-state index in [4.69, 9.17) is 14.2 Å². The summed E-state index contributed by atoms with van der Waals surface area (Å²) in [5.74, 6) is 4.32. The Kier molecular flexibility index (Phi) is 12.9. The molecule has 6 nitrogen and oxygen atoms in total. The molecule has 13 rings (SSSR count). The van der Waals surface area contributed by atoms with E-state index in [-0.39, 0.29) is 0 Å². The van der Waals surface area contributed by atoms with Gasteiger partial charge in [0.1, 0.15) is 34.5 Å². The summed E-state index contributed by atoms with van der Waals surface area (Å²) in [6.07, 6.45) is 0. The number of nitrogens with zero attached hydrogens (tertiary/aromatic N) is 3. The molecular formula is C72H51N3O3. The average Bonchev–Trinajstić information content (AvgIpc) is 3.66. The predicted molar refractivity (Wildman–Crippen MR) is 323 cm³/mol. The van der Waals surface area contributed by atoms with Crippen LogP contribution in [-0.2, 0) is 0 Å². The van der Waals surface area contributed by atoms with Gasteiger partial charge in [-0.25, -0.2) is 0 Å². The highest BCUT2D eigenvalue weighted by molar-refractivity contribution is 6.26. The average molecular weight is 1010 g/mol. The lowest BCUT2D eigenvalue weighted by Gasteiger charge is -2.25. The Hall–Kier alpha value is -10.6. The second-order valence-electron chi connectivity index (χ2n) is 18.9. The van der Waals surface area contributed by atoms with Crippen molar-refractivity contribution in [3.63, 3.8) is 0 Å². The molecule has 0 heterocycles. The van der Waals surface area contributed by atoms with E-state index in [1.807, 2.05) is 72.8 Å². The third kappa shape index (κ3) is 9.81. The number of hydrogen-bond donors (Lipinski definition) is 0. The molecule has 0 aliphatic rings. The minimum Gasteiger partial charge on any atom is -0.457 e. The zero-order valence-corrected chi connectivity index (χ0v) is 42.5. The van der Waals surface area contributed by atoms with E-state index >= 15 is 0 Å². The largest absolute Gasteiger partial charge is 0.457 e. The second-order valence-corrected chi connectivity index (χ2v) is 18.9.